The maximum absolute atomic E-state index is 10.6. The van der Waals surface area contributed by atoms with Crippen LogP contribution in [0.2, 0.25) is 0 Å². The average Bonchev–Trinajstić information content (AvgIpc) is 3.44. The summed E-state index contributed by atoms with van der Waals surface area (Å²) < 4.78 is 31.8. The maximum atomic E-state index is 10.6. The fraction of sp³-hybridized carbons (Fsp3) is 0.871. The molecule has 416 valence electrons. The van der Waals surface area contributed by atoms with Gasteiger partial charge in [-0.2, -0.15) is 0 Å². The number of carbonyl (C=O) groups is 2. The van der Waals surface area contributed by atoms with Crippen LogP contribution in [0, 0.1) is 0 Å². The molecule has 0 amide bonds. The smallest absolute Gasteiger partial charge is 0.124 e. The lowest BCUT2D eigenvalue weighted by Crippen LogP contribution is -2.28. The third-order valence-corrected chi connectivity index (χ3v) is 34.9. The Labute approximate surface area is 450 Å². The minimum Gasteiger partial charge on any atom is -0.744 e. The van der Waals surface area contributed by atoms with E-state index in [2.05, 4.69) is 0 Å². The van der Waals surface area contributed by atoms with Crippen molar-refractivity contribution in [3.05, 3.63) is 29.3 Å². The molecule has 0 radical (unpaired) electrons. The zero-order valence-electron chi connectivity index (χ0n) is 46.0. The van der Waals surface area contributed by atoms with E-state index in [0.29, 0.717) is 18.2 Å². The SMILES string of the molecule is C1CCC([PH+](C2CCCCC2)C2CCCCC2)CC1.C1CCC([PH+](C2CCCCC2)C2CCCCC2)CC1.C1CCC([PH+](C2CCCCC2)C2CCCCC2)CC1.O=C([O-])c1cc(C(=O)[O-])cc(S(=O)(=O)[O-])c1. The average molecular weight is 1090 g/mol. The molecule has 10 rings (SSSR count). The standard InChI is InChI=1S/3C18H33P.C8H6O7S/c3*1-4-10-16(11-5-1)19(17-12-6-2-7-13-17)18-14-8-3-9-15-18;9-7(10)4-1-5(8(11)12)3-6(2-4)16(13,14)15/h3*16-18H,1-15H2;1-3H,(H,9,10)(H,11,12)(H,13,14,15). The first kappa shape index (κ1) is 60.0. The summed E-state index contributed by atoms with van der Waals surface area (Å²) in [6.45, 7) is 0. The molecule has 11 heteroatoms. The predicted molar refractivity (Wildman–Crippen MR) is 310 cm³/mol. The van der Waals surface area contributed by atoms with E-state index in [1.54, 1.807) is 289 Å². The van der Waals surface area contributed by atoms with Crippen molar-refractivity contribution in [2.75, 3.05) is 0 Å². The molecule has 0 bridgehead atoms. The summed E-state index contributed by atoms with van der Waals surface area (Å²) in [4.78, 5) is 19.9. The van der Waals surface area contributed by atoms with Crippen LogP contribution in [0.4, 0.5) is 0 Å². The Morgan fingerprint density at radius 1 is 0.301 bits per heavy atom. The third kappa shape index (κ3) is 19.3. The zero-order chi connectivity index (χ0) is 51.3. The lowest BCUT2D eigenvalue weighted by Gasteiger charge is -2.38. The molecule has 0 heterocycles. The molecule has 1 aromatic rings. The molecule has 0 unspecified atom stereocenters. The van der Waals surface area contributed by atoms with Crippen LogP contribution >= 0.6 is 23.8 Å². The van der Waals surface area contributed by atoms with Gasteiger partial charge < -0.3 is 24.4 Å². The van der Waals surface area contributed by atoms with Crippen molar-refractivity contribution in [2.24, 2.45) is 0 Å². The molecule has 0 spiro atoms. The van der Waals surface area contributed by atoms with Gasteiger partial charge in [0.25, 0.3) is 0 Å². The summed E-state index contributed by atoms with van der Waals surface area (Å²) >= 11 is 0. The number of rotatable bonds is 12. The van der Waals surface area contributed by atoms with Crippen molar-refractivity contribution >= 4 is 45.8 Å². The van der Waals surface area contributed by atoms with Crippen LogP contribution in [0.15, 0.2) is 23.1 Å². The first-order valence-corrected chi connectivity index (χ1v) is 38.3. The van der Waals surface area contributed by atoms with Crippen LogP contribution in [0.3, 0.4) is 0 Å². The summed E-state index contributed by atoms with van der Waals surface area (Å²) in [6, 6.07) is 1.67. The number of carbonyl (C=O) groups excluding carboxylic acids is 2. The van der Waals surface area contributed by atoms with Crippen LogP contribution < -0.4 is 10.2 Å². The normalized spacial score (nSPS) is 25.0. The number of carboxylic acid groups (broad SMARTS) is 2. The largest absolute Gasteiger partial charge is 0.744 e. The summed E-state index contributed by atoms with van der Waals surface area (Å²) in [7, 11) is -5.09. The molecule has 73 heavy (non-hydrogen) atoms. The number of benzene rings is 1. The van der Waals surface area contributed by atoms with Crippen LogP contribution in [0.1, 0.15) is 310 Å². The van der Waals surface area contributed by atoms with Crippen LogP contribution in [-0.4, -0.2) is 75.8 Å². The van der Waals surface area contributed by atoms with Gasteiger partial charge >= 0.3 is 0 Å². The highest BCUT2D eigenvalue weighted by atomic mass is 32.2. The number of carboxylic acids is 2. The minimum absolute atomic E-state index is 0.0465. The van der Waals surface area contributed by atoms with Gasteiger partial charge in [0.1, 0.15) is 10.1 Å². The van der Waals surface area contributed by atoms with E-state index in [0.717, 1.165) is 0 Å². The molecule has 0 atom stereocenters. The summed E-state index contributed by atoms with van der Waals surface area (Å²) in [5.41, 5.74) is 9.59. The topological polar surface area (TPSA) is 137 Å². The van der Waals surface area contributed by atoms with E-state index < -0.39 is 38.1 Å². The Hall–Kier alpha value is -0.640. The number of hydrogen-bond donors (Lipinski definition) is 0. The van der Waals surface area contributed by atoms with Crippen LogP contribution in [0.5, 0.6) is 0 Å². The van der Waals surface area contributed by atoms with Gasteiger partial charge in [-0.25, -0.2) is 8.42 Å². The second-order valence-electron chi connectivity index (χ2n) is 25.3. The molecule has 7 nitrogen and oxygen atoms in total. The number of aromatic carboxylic acids is 2. The van der Waals surface area contributed by atoms with E-state index in [-0.39, 0.29) is 23.8 Å². The molecule has 9 aliphatic rings. The highest BCUT2D eigenvalue weighted by molar-refractivity contribution is 7.85. The molecule has 9 aliphatic carbocycles. The molecule has 1 aromatic carbocycles. The van der Waals surface area contributed by atoms with E-state index in [9.17, 15) is 32.8 Å². The highest BCUT2D eigenvalue weighted by Crippen LogP contribution is 2.64. The summed E-state index contributed by atoms with van der Waals surface area (Å²) in [5, 5.41) is 20.9. The van der Waals surface area contributed by atoms with Crippen molar-refractivity contribution in [2.45, 2.75) is 345 Å². The van der Waals surface area contributed by atoms with Gasteiger partial charge in [0, 0.05) is 23.8 Å². The van der Waals surface area contributed by atoms with Gasteiger partial charge in [-0.15, -0.1) is 0 Å². The number of hydrogen-bond acceptors (Lipinski definition) is 7. The zero-order valence-corrected chi connectivity index (χ0v) is 49.8. The maximum Gasteiger partial charge on any atom is 0.124 e. The quantitative estimate of drug-likeness (QED) is 0.150. The predicted octanol–water partition coefficient (Wildman–Crippen LogP) is 15.9. The van der Waals surface area contributed by atoms with Crippen molar-refractivity contribution in [3.8, 4) is 0 Å². The van der Waals surface area contributed by atoms with E-state index in [1.807, 2.05) is 0 Å². The Balaban J connectivity index is 0.000000143. The van der Waals surface area contributed by atoms with E-state index in [1.165, 1.54) is 50.9 Å². The van der Waals surface area contributed by atoms with E-state index in [4.69, 9.17) is 0 Å². The van der Waals surface area contributed by atoms with Crippen molar-refractivity contribution in [1.29, 1.82) is 0 Å². The first-order chi connectivity index (χ1) is 35.6. The molecule has 9 fully saturated rings. The van der Waals surface area contributed by atoms with Crippen LogP contribution in [-0.2, 0) is 10.1 Å². The molecule has 0 saturated heterocycles. The minimum atomic E-state index is -4.95. The van der Waals surface area contributed by atoms with Gasteiger partial charge in [-0.1, -0.05) is 57.8 Å². The Bertz CT molecular complexity index is 1540. The Morgan fingerprint density at radius 3 is 0.575 bits per heavy atom. The Morgan fingerprint density at radius 2 is 0.452 bits per heavy atom. The van der Waals surface area contributed by atoms with Crippen LogP contribution in [0.25, 0.3) is 0 Å². The third-order valence-electron chi connectivity index (χ3n) is 20.4. The van der Waals surface area contributed by atoms with E-state index >= 15 is 0 Å². The Kier molecular flexibility index (Phi) is 26.7. The monoisotopic (exact) mass is 1090 g/mol. The lowest BCUT2D eigenvalue weighted by atomic mass is 9.99. The molecule has 0 aliphatic heterocycles. The summed E-state index contributed by atoms with van der Waals surface area (Å²) in [5.74, 6) is -3.60. The van der Waals surface area contributed by atoms with Crippen molar-refractivity contribution in [3.63, 3.8) is 0 Å². The fourth-order valence-electron chi connectivity index (χ4n) is 16.9. The fourth-order valence-corrected chi connectivity index (χ4v) is 33.1. The molecular formula is C62H105O7P3S. The second-order valence-corrected chi connectivity index (χ2v) is 37.0. The first-order valence-electron chi connectivity index (χ1n) is 31.7. The second kappa shape index (κ2) is 32.4. The molecular weight excluding hydrogens is 982 g/mol. The van der Waals surface area contributed by atoms with Gasteiger partial charge in [-0.3, -0.25) is 0 Å². The highest BCUT2D eigenvalue weighted by Gasteiger charge is 2.46. The van der Waals surface area contributed by atoms with Crippen molar-refractivity contribution in [1.82, 2.24) is 0 Å². The molecule has 0 N–H and O–H groups in total. The molecule has 9 saturated carbocycles. The lowest BCUT2D eigenvalue weighted by molar-refractivity contribution is -0.255. The van der Waals surface area contributed by atoms with Gasteiger partial charge in [0.2, 0.25) is 0 Å². The molecule has 0 aromatic heterocycles. The summed E-state index contributed by atoms with van der Waals surface area (Å²) in [6.07, 6.45) is 71.4. The van der Waals surface area contributed by atoms with Gasteiger partial charge in [0.05, 0.1) is 67.8 Å². The van der Waals surface area contributed by atoms with Gasteiger partial charge in [-0.05, 0) is 260 Å². The van der Waals surface area contributed by atoms with Gasteiger partial charge in [0.15, 0.2) is 0 Å². The van der Waals surface area contributed by atoms with Crippen molar-refractivity contribution < 1.29 is 32.8 Å².